The van der Waals surface area contributed by atoms with Gasteiger partial charge in [0, 0.05) is 17.7 Å². The SMILES string of the molecule is CC(NC(=O)C(N)C1CCOCC1)c1ccc(Br)cc1. The molecule has 0 saturated carbocycles. The number of benzene rings is 1. The van der Waals surface area contributed by atoms with E-state index in [0.29, 0.717) is 13.2 Å². The smallest absolute Gasteiger partial charge is 0.237 e. The van der Waals surface area contributed by atoms with E-state index in [1.807, 2.05) is 31.2 Å². The van der Waals surface area contributed by atoms with Gasteiger partial charge in [-0.2, -0.15) is 0 Å². The highest BCUT2D eigenvalue weighted by Gasteiger charge is 2.27. The second-order valence-electron chi connectivity index (χ2n) is 5.26. The van der Waals surface area contributed by atoms with E-state index < -0.39 is 6.04 Å². The van der Waals surface area contributed by atoms with Crippen molar-refractivity contribution in [3.05, 3.63) is 34.3 Å². The number of nitrogens with one attached hydrogen (secondary N) is 1. The van der Waals surface area contributed by atoms with E-state index in [1.54, 1.807) is 0 Å². The zero-order valence-corrected chi connectivity index (χ0v) is 13.2. The number of halogens is 1. The van der Waals surface area contributed by atoms with E-state index in [1.165, 1.54) is 0 Å². The molecule has 2 atom stereocenters. The molecule has 20 heavy (non-hydrogen) atoms. The molecular formula is C15H21BrN2O2. The van der Waals surface area contributed by atoms with Crippen molar-refractivity contribution in [1.82, 2.24) is 5.32 Å². The molecule has 0 aromatic heterocycles. The first-order valence-corrected chi connectivity index (χ1v) is 7.76. The Morgan fingerprint density at radius 3 is 2.55 bits per heavy atom. The summed E-state index contributed by atoms with van der Waals surface area (Å²) in [6.07, 6.45) is 1.72. The van der Waals surface area contributed by atoms with Gasteiger partial charge in [-0.15, -0.1) is 0 Å². The fourth-order valence-corrected chi connectivity index (χ4v) is 2.70. The molecule has 0 bridgehead atoms. The molecule has 0 spiro atoms. The molecule has 1 aromatic carbocycles. The Bertz CT molecular complexity index is 444. The third kappa shape index (κ3) is 4.04. The van der Waals surface area contributed by atoms with Crippen molar-refractivity contribution in [2.75, 3.05) is 13.2 Å². The third-order valence-electron chi connectivity index (χ3n) is 3.81. The van der Waals surface area contributed by atoms with E-state index in [4.69, 9.17) is 10.5 Å². The lowest BCUT2D eigenvalue weighted by molar-refractivity contribution is -0.125. The Morgan fingerprint density at radius 2 is 1.95 bits per heavy atom. The number of rotatable bonds is 4. The van der Waals surface area contributed by atoms with Crippen molar-refractivity contribution in [3.63, 3.8) is 0 Å². The number of hydrogen-bond donors (Lipinski definition) is 2. The molecular weight excluding hydrogens is 320 g/mol. The van der Waals surface area contributed by atoms with Gasteiger partial charge in [-0.1, -0.05) is 28.1 Å². The van der Waals surface area contributed by atoms with Crippen molar-refractivity contribution < 1.29 is 9.53 Å². The average molecular weight is 341 g/mol. The van der Waals surface area contributed by atoms with Crippen LogP contribution in [0.2, 0.25) is 0 Å². The third-order valence-corrected chi connectivity index (χ3v) is 4.33. The molecule has 4 nitrogen and oxygen atoms in total. The van der Waals surface area contributed by atoms with Crippen LogP contribution in [0.3, 0.4) is 0 Å². The Balaban J connectivity index is 1.91. The lowest BCUT2D eigenvalue weighted by Gasteiger charge is -2.27. The predicted molar refractivity (Wildman–Crippen MR) is 82.2 cm³/mol. The average Bonchev–Trinajstić information content (AvgIpc) is 2.48. The Hall–Kier alpha value is -0.910. The summed E-state index contributed by atoms with van der Waals surface area (Å²) in [7, 11) is 0. The molecule has 1 saturated heterocycles. The highest BCUT2D eigenvalue weighted by molar-refractivity contribution is 9.10. The maximum atomic E-state index is 12.2. The van der Waals surface area contributed by atoms with E-state index in [0.717, 1.165) is 22.9 Å². The van der Waals surface area contributed by atoms with Gasteiger partial charge in [0.2, 0.25) is 5.91 Å². The van der Waals surface area contributed by atoms with Crippen LogP contribution in [0.15, 0.2) is 28.7 Å². The van der Waals surface area contributed by atoms with Gasteiger partial charge in [0.05, 0.1) is 12.1 Å². The summed E-state index contributed by atoms with van der Waals surface area (Å²) in [6, 6.07) is 7.44. The monoisotopic (exact) mass is 340 g/mol. The summed E-state index contributed by atoms with van der Waals surface area (Å²) in [5.41, 5.74) is 7.14. The molecule has 1 aromatic rings. The lowest BCUT2D eigenvalue weighted by atomic mass is 9.91. The fourth-order valence-electron chi connectivity index (χ4n) is 2.43. The largest absolute Gasteiger partial charge is 0.381 e. The van der Waals surface area contributed by atoms with E-state index in [-0.39, 0.29) is 17.9 Å². The molecule has 1 fully saturated rings. The minimum atomic E-state index is -0.447. The standard InChI is InChI=1S/C15H21BrN2O2/c1-10(11-2-4-13(16)5-3-11)18-15(19)14(17)12-6-8-20-9-7-12/h2-5,10,12,14H,6-9,17H2,1H3,(H,18,19). The number of nitrogens with two attached hydrogens (primary N) is 1. The van der Waals surface area contributed by atoms with Gasteiger partial charge in [0.1, 0.15) is 0 Å². The molecule has 1 heterocycles. The van der Waals surface area contributed by atoms with Crippen molar-refractivity contribution in [2.45, 2.75) is 31.8 Å². The lowest BCUT2D eigenvalue weighted by Crippen LogP contribution is -2.47. The first kappa shape index (κ1) is 15.5. The summed E-state index contributed by atoms with van der Waals surface area (Å²) in [5, 5.41) is 2.99. The summed E-state index contributed by atoms with van der Waals surface area (Å²) < 4.78 is 6.33. The molecule has 5 heteroatoms. The summed E-state index contributed by atoms with van der Waals surface area (Å²) in [4.78, 5) is 12.2. The van der Waals surface area contributed by atoms with Crippen LogP contribution >= 0.6 is 15.9 Å². The number of carbonyl (C=O) groups is 1. The van der Waals surface area contributed by atoms with E-state index >= 15 is 0 Å². The van der Waals surface area contributed by atoms with Crippen LogP contribution in [-0.2, 0) is 9.53 Å². The number of amides is 1. The molecule has 0 radical (unpaired) electrons. The molecule has 1 amide bonds. The van der Waals surface area contributed by atoms with Crippen molar-refractivity contribution in [3.8, 4) is 0 Å². The number of carbonyl (C=O) groups excluding carboxylic acids is 1. The maximum Gasteiger partial charge on any atom is 0.237 e. The van der Waals surface area contributed by atoms with Crippen molar-refractivity contribution in [1.29, 1.82) is 0 Å². The summed E-state index contributed by atoms with van der Waals surface area (Å²) in [6.45, 7) is 3.37. The second-order valence-corrected chi connectivity index (χ2v) is 6.17. The van der Waals surface area contributed by atoms with Gasteiger partial charge in [0.15, 0.2) is 0 Å². The van der Waals surface area contributed by atoms with Gasteiger partial charge in [-0.3, -0.25) is 4.79 Å². The van der Waals surface area contributed by atoms with Crippen molar-refractivity contribution in [2.24, 2.45) is 11.7 Å². The Morgan fingerprint density at radius 1 is 1.35 bits per heavy atom. The molecule has 0 aliphatic carbocycles. The van der Waals surface area contributed by atoms with Gasteiger partial charge in [-0.05, 0) is 43.4 Å². The number of hydrogen-bond acceptors (Lipinski definition) is 3. The quantitative estimate of drug-likeness (QED) is 0.884. The van der Waals surface area contributed by atoms with Gasteiger partial charge >= 0.3 is 0 Å². The predicted octanol–water partition coefficient (Wildman–Crippen LogP) is 2.38. The Kier molecular flexibility index (Phi) is 5.57. The molecule has 2 rings (SSSR count). The van der Waals surface area contributed by atoms with Gasteiger partial charge < -0.3 is 15.8 Å². The molecule has 1 aliphatic rings. The van der Waals surface area contributed by atoms with Gasteiger partial charge in [0.25, 0.3) is 0 Å². The highest BCUT2D eigenvalue weighted by atomic mass is 79.9. The summed E-state index contributed by atoms with van der Waals surface area (Å²) in [5.74, 6) is 0.146. The van der Waals surface area contributed by atoms with Crippen LogP contribution < -0.4 is 11.1 Å². The van der Waals surface area contributed by atoms with E-state index in [2.05, 4.69) is 21.2 Å². The maximum absolute atomic E-state index is 12.2. The van der Waals surface area contributed by atoms with Crippen LogP contribution in [0.4, 0.5) is 0 Å². The summed E-state index contributed by atoms with van der Waals surface area (Å²) >= 11 is 3.40. The first-order chi connectivity index (χ1) is 9.58. The zero-order valence-electron chi connectivity index (χ0n) is 11.6. The first-order valence-electron chi connectivity index (χ1n) is 6.97. The van der Waals surface area contributed by atoms with Crippen molar-refractivity contribution >= 4 is 21.8 Å². The highest BCUT2D eigenvalue weighted by Crippen LogP contribution is 2.20. The minimum absolute atomic E-state index is 0.0403. The van der Waals surface area contributed by atoms with Crippen LogP contribution in [0.5, 0.6) is 0 Å². The topological polar surface area (TPSA) is 64.4 Å². The minimum Gasteiger partial charge on any atom is -0.381 e. The Labute approximate surface area is 128 Å². The molecule has 110 valence electrons. The normalized spacial score (nSPS) is 19.4. The molecule has 2 unspecified atom stereocenters. The van der Waals surface area contributed by atoms with E-state index in [9.17, 15) is 4.79 Å². The van der Waals surface area contributed by atoms with Crippen LogP contribution in [-0.4, -0.2) is 25.2 Å². The van der Waals surface area contributed by atoms with Crippen LogP contribution in [0.1, 0.15) is 31.4 Å². The fraction of sp³-hybridized carbons (Fsp3) is 0.533. The second kappa shape index (κ2) is 7.20. The van der Waals surface area contributed by atoms with Gasteiger partial charge in [-0.25, -0.2) is 0 Å². The van der Waals surface area contributed by atoms with Crippen LogP contribution in [0.25, 0.3) is 0 Å². The zero-order chi connectivity index (χ0) is 14.5. The number of ether oxygens (including phenoxy) is 1. The molecule has 1 aliphatic heterocycles. The molecule has 3 N–H and O–H groups in total. The van der Waals surface area contributed by atoms with Crippen LogP contribution in [0, 0.1) is 5.92 Å².